The predicted octanol–water partition coefficient (Wildman–Crippen LogP) is -3.38. The Morgan fingerprint density at radius 1 is 1.50 bits per heavy atom. The Labute approximate surface area is 136 Å². The van der Waals surface area contributed by atoms with Gasteiger partial charge < -0.3 is 30.7 Å². The average molecular weight is 322 g/mol. The second-order valence-corrected chi connectivity index (χ2v) is 4.80. The maximum atomic E-state index is 11.1. The quantitative estimate of drug-likeness (QED) is 0.0921. The molecule has 0 radical (unpaired) electrons. The Bertz CT molecular complexity index is 387. The first-order valence-electron chi connectivity index (χ1n) is 4.87. The molecule has 0 fully saturated rings. The Morgan fingerprint density at radius 2 is 2.10 bits per heavy atom. The van der Waals surface area contributed by atoms with Gasteiger partial charge >= 0.3 is 43.2 Å². The molecule has 7 N–H and O–H groups in total. The van der Waals surface area contributed by atoms with E-state index < -0.39 is 38.6 Å². The standard InChI is InChI=1S/C7H15N4O7P.Na.H/c8-6(10-3-13)11-7(14)9-1-5(2-12)18-4-19(15,16)17;;/h3,5,12H,1-2,4H2,(H2,15,16,17)(H4,8,9,10,11,13,14);;/t5-;;/m0../s1. The number of rotatable bonds is 7. The van der Waals surface area contributed by atoms with E-state index in [1.807, 2.05) is 5.32 Å². The number of nitrogens with zero attached hydrogens (tertiary/aromatic N) is 1. The van der Waals surface area contributed by atoms with Crippen LogP contribution in [0.4, 0.5) is 4.79 Å². The van der Waals surface area contributed by atoms with Crippen LogP contribution in [0, 0.1) is 0 Å². The molecule has 0 aromatic heterocycles. The van der Waals surface area contributed by atoms with Crippen LogP contribution in [-0.2, 0) is 14.1 Å². The van der Waals surface area contributed by atoms with Crippen molar-refractivity contribution in [2.24, 2.45) is 10.7 Å². The third-order valence-electron chi connectivity index (χ3n) is 1.59. The summed E-state index contributed by atoms with van der Waals surface area (Å²) in [5.74, 6) is -0.427. The zero-order valence-electron chi connectivity index (χ0n) is 9.72. The van der Waals surface area contributed by atoms with Crippen LogP contribution >= 0.6 is 7.60 Å². The van der Waals surface area contributed by atoms with Gasteiger partial charge in [0.25, 0.3) is 0 Å². The van der Waals surface area contributed by atoms with E-state index in [1.165, 1.54) is 0 Å². The predicted molar refractivity (Wildman–Crippen MR) is 70.2 cm³/mol. The molecule has 0 heterocycles. The molecule has 3 amide bonds. The number of urea groups is 1. The monoisotopic (exact) mass is 322 g/mol. The zero-order valence-corrected chi connectivity index (χ0v) is 10.6. The van der Waals surface area contributed by atoms with E-state index in [9.17, 15) is 14.2 Å². The van der Waals surface area contributed by atoms with Gasteiger partial charge in [-0.15, -0.1) is 0 Å². The molecule has 13 heteroatoms. The van der Waals surface area contributed by atoms with E-state index in [0.29, 0.717) is 0 Å². The van der Waals surface area contributed by atoms with Crippen LogP contribution in [0.3, 0.4) is 0 Å². The van der Waals surface area contributed by atoms with Gasteiger partial charge in [0.15, 0.2) is 0 Å². The summed E-state index contributed by atoms with van der Waals surface area (Å²) in [7, 11) is -4.35. The number of nitrogens with one attached hydrogen (secondary N) is 2. The van der Waals surface area contributed by atoms with Gasteiger partial charge in [-0.1, -0.05) is 0 Å². The minimum atomic E-state index is -4.35. The summed E-state index contributed by atoms with van der Waals surface area (Å²) in [4.78, 5) is 41.4. The van der Waals surface area contributed by atoms with Crippen LogP contribution in [-0.4, -0.2) is 88.5 Å². The SMILES string of the molecule is N/C(=N\C(=O)NC[C@@H](CO)OCP(=O)(O)O)NC=O.[NaH]. The summed E-state index contributed by atoms with van der Waals surface area (Å²) in [5, 5.41) is 12.9. The molecule has 11 nitrogen and oxygen atoms in total. The van der Waals surface area contributed by atoms with Crippen LogP contribution < -0.4 is 16.4 Å². The molecule has 1 atom stereocenters. The maximum absolute atomic E-state index is 11.1. The molecule has 0 saturated heterocycles. The van der Waals surface area contributed by atoms with Crippen molar-refractivity contribution in [3.8, 4) is 0 Å². The van der Waals surface area contributed by atoms with E-state index in [1.54, 1.807) is 0 Å². The van der Waals surface area contributed by atoms with Crippen molar-refractivity contribution in [2.75, 3.05) is 19.5 Å². The topological polar surface area (TPSA) is 184 Å². The summed E-state index contributed by atoms with van der Waals surface area (Å²) in [5.41, 5.74) is 5.10. The molecule has 112 valence electrons. The average Bonchev–Trinajstić information content (AvgIpc) is 2.28. The molecule has 0 aromatic rings. The Morgan fingerprint density at radius 3 is 2.55 bits per heavy atom. The van der Waals surface area contributed by atoms with Gasteiger partial charge in [-0.3, -0.25) is 14.7 Å². The fourth-order valence-electron chi connectivity index (χ4n) is 0.821. The van der Waals surface area contributed by atoms with Crippen molar-refractivity contribution in [3.63, 3.8) is 0 Å². The first kappa shape index (κ1) is 21.8. The molecule has 0 spiro atoms. The number of hydrogen-bond acceptors (Lipinski definition) is 5. The molecule has 0 unspecified atom stereocenters. The van der Waals surface area contributed by atoms with Crippen molar-refractivity contribution in [1.29, 1.82) is 0 Å². The summed E-state index contributed by atoms with van der Waals surface area (Å²) < 4.78 is 15.2. The first-order valence-corrected chi connectivity index (χ1v) is 6.67. The first-order chi connectivity index (χ1) is 8.78. The van der Waals surface area contributed by atoms with Gasteiger partial charge in [0, 0.05) is 6.54 Å². The summed E-state index contributed by atoms with van der Waals surface area (Å²) >= 11 is 0. The number of carbonyl (C=O) groups is 2. The van der Waals surface area contributed by atoms with Crippen LogP contribution in [0.1, 0.15) is 0 Å². The van der Waals surface area contributed by atoms with Gasteiger partial charge in [-0.05, 0) is 0 Å². The van der Waals surface area contributed by atoms with Crippen molar-refractivity contribution >= 4 is 55.6 Å². The molecule has 0 aliphatic heterocycles. The third kappa shape index (κ3) is 12.5. The van der Waals surface area contributed by atoms with Gasteiger partial charge in [0.2, 0.25) is 12.4 Å². The number of guanidine groups is 1. The molecule has 0 saturated carbocycles. The van der Waals surface area contributed by atoms with Crippen LogP contribution in [0.15, 0.2) is 4.99 Å². The van der Waals surface area contributed by atoms with E-state index in [-0.39, 0.29) is 42.5 Å². The molecular formula is C7H16N4NaO7P. The van der Waals surface area contributed by atoms with Crippen LogP contribution in [0.5, 0.6) is 0 Å². The fourth-order valence-corrected chi connectivity index (χ4v) is 1.23. The zero-order chi connectivity index (χ0) is 14.9. The number of hydrogen-bond donors (Lipinski definition) is 6. The number of carbonyl (C=O) groups excluding carboxylic acids is 2. The van der Waals surface area contributed by atoms with E-state index in [0.717, 1.165) is 0 Å². The number of aliphatic hydroxyl groups is 1. The van der Waals surface area contributed by atoms with Crippen molar-refractivity contribution in [2.45, 2.75) is 6.10 Å². The number of nitrogens with two attached hydrogens (primary N) is 1. The van der Waals surface area contributed by atoms with Crippen molar-refractivity contribution in [1.82, 2.24) is 10.6 Å². The summed E-state index contributed by atoms with van der Waals surface area (Å²) in [6.07, 6.45) is -1.66. The van der Waals surface area contributed by atoms with E-state index in [2.05, 4.69) is 15.0 Å². The van der Waals surface area contributed by atoms with E-state index in [4.69, 9.17) is 20.6 Å². The minimum absolute atomic E-state index is 0. The Balaban J connectivity index is 0. The third-order valence-corrected chi connectivity index (χ3v) is 2.08. The second-order valence-electron chi connectivity index (χ2n) is 3.21. The molecule has 0 bridgehead atoms. The van der Waals surface area contributed by atoms with Gasteiger partial charge in [-0.25, -0.2) is 4.79 Å². The number of aliphatic imine (C=N–C) groups is 1. The second kappa shape index (κ2) is 11.2. The van der Waals surface area contributed by atoms with Gasteiger partial charge in [-0.2, -0.15) is 4.99 Å². The summed E-state index contributed by atoms with van der Waals surface area (Å²) in [6, 6.07) is -0.912. The normalized spacial score (nSPS) is 13.1. The number of amides is 3. The van der Waals surface area contributed by atoms with Crippen LogP contribution in [0.2, 0.25) is 0 Å². The molecular weight excluding hydrogens is 306 g/mol. The summed E-state index contributed by atoms with van der Waals surface area (Å²) in [6.45, 7) is -0.806. The Hall–Kier alpha value is -0.520. The molecule has 0 rings (SSSR count). The molecule has 20 heavy (non-hydrogen) atoms. The number of ether oxygens (including phenoxy) is 1. The number of aliphatic hydroxyl groups excluding tert-OH is 1. The molecule has 0 aromatic carbocycles. The van der Waals surface area contributed by atoms with Crippen LogP contribution in [0.25, 0.3) is 0 Å². The molecule has 0 aliphatic rings. The molecule has 0 aliphatic carbocycles. The Kier molecular flexibility index (Phi) is 12.2. The van der Waals surface area contributed by atoms with Gasteiger partial charge in [0.1, 0.15) is 6.35 Å². The fraction of sp³-hybridized carbons (Fsp3) is 0.571. The van der Waals surface area contributed by atoms with Crippen molar-refractivity contribution < 1.29 is 33.8 Å². The van der Waals surface area contributed by atoms with Crippen molar-refractivity contribution in [3.05, 3.63) is 0 Å². The van der Waals surface area contributed by atoms with E-state index >= 15 is 0 Å². The van der Waals surface area contributed by atoms with Gasteiger partial charge in [0.05, 0.1) is 12.7 Å².